The summed E-state index contributed by atoms with van der Waals surface area (Å²) in [5.74, 6) is 0. The van der Waals surface area contributed by atoms with Crippen molar-refractivity contribution in [1.29, 1.82) is 0 Å². The van der Waals surface area contributed by atoms with Crippen molar-refractivity contribution in [1.82, 2.24) is 14.8 Å². The Bertz CT molecular complexity index is 797. The van der Waals surface area contributed by atoms with Gasteiger partial charge in [0.2, 0.25) is 0 Å². The Hall–Kier alpha value is -2.46. The largest absolute Gasteiger partial charge is 0.298 e. The van der Waals surface area contributed by atoms with Gasteiger partial charge in [-0.2, -0.15) is 5.10 Å². The first-order chi connectivity index (χ1) is 10.2. The molecule has 2 heterocycles. The number of carbonyl (C=O) groups excluding carboxylic acids is 1. The summed E-state index contributed by atoms with van der Waals surface area (Å²) in [6.07, 6.45) is 5.85. The molecular weight excluding hydrogens is 286 g/mol. The van der Waals surface area contributed by atoms with E-state index in [4.69, 9.17) is 11.6 Å². The first-order valence-corrected chi connectivity index (χ1v) is 6.78. The number of aldehydes is 1. The minimum absolute atomic E-state index is 0.514. The first-order valence-electron chi connectivity index (χ1n) is 6.41. The fraction of sp³-hybridized carbons (Fsp3) is 0.0625. The van der Waals surface area contributed by atoms with Crippen LogP contribution in [0.15, 0.2) is 48.9 Å². The molecular formula is C16H12ClN3O. The van der Waals surface area contributed by atoms with E-state index in [1.54, 1.807) is 23.3 Å². The highest BCUT2D eigenvalue weighted by atomic mass is 35.5. The normalized spacial score (nSPS) is 10.6. The van der Waals surface area contributed by atoms with Crippen molar-refractivity contribution in [3.05, 3.63) is 65.1 Å². The molecule has 0 aliphatic carbocycles. The van der Waals surface area contributed by atoms with Crippen LogP contribution in [0.5, 0.6) is 0 Å². The molecule has 1 aromatic carbocycles. The van der Waals surface area contributed by atoms with Crippen molar-refractivity contribution in [2.45, 2.75) is 6.92 Å². The van der Waals surface area contributed by atoms with Gasteiger partial charge >= 0.3 is 0 Å². The Kier molecular flexibility index (Phi) is 3.54. The molecule has 4 nitrogen and oxygen atoms in total. The maximum absolute atomic E-state index is 11.3. The summed E-state index contributed by atoms with van der Waals surface area (Å²) in [5.41, 5.74) is 3.73. The summed E-state index contributed by atoms with van der Waals surface area (Å²) in [7, 11) is 0. The highest BCUT2D eigenvalue weighted by Gasteiger charge is 2.12. The second kappa shape index (κ2) is 5.50. The van der Waals surface area contributed by atoms with Crippen LogP contribution in [0.3, 0.4) is 0 Å². The molecule has 0 unspecified atom stereocenters. The lowest BCUT2D eigenvalue weighted by atomic mass is 10.1. The molecule has 2 aromatic heterocycles. The van der Waals surface area contributed by atoms with Gasteiger partial charge in [-0.25, -0.2) is 4.68 Å². The lowest BCUT2D eigenvalue weighted by Gasteiger charge is -2.03. The number of nitrogens with zero attached hydrogens (tertiary/aromatic N) is 3. The first kappa shape index (κ1) is 13.5. The smallest absolute Gasteiger partial charge is 0.153 e. The van der Waals surface area contributed by atoms with Crippen LogP contribution in [0, 0.1) is 6.92 Å². The summed E-state index contributed by atoms with van der Waals surface area (Å²) in [6, 6.07) is 9.34. The molecule has 3 aromatic rings. The van der Waals surface area contributed by atoms with Crippen LogP contribution in [0.2, 0.25) is 5.02 Å². The van der Waals surface area contributed by atoms with E-state index in [0.717, 1.165) is 23.1 Å². The van der Waals surface area contributed by atoms with Gasteiger partial charge in [0.05, 0.1) is 11.3 Å². The van der Waals surface area contributed by atoms with Crippen LogP contribution in [-0.4, -0.2) is 21.1 Å². The highest BCUT2D eigenvalue weighted by Crippen LogP contribution is 2.24. The van der Waals surface area contributed by atoms with Crippen molar-refractivity contribution in [2.24, 2.45) is 0 Å². The van der Waals surface area contributed by atoms with E-state index in [1.165, 1.54) is 0 Å². The van der Waals surface area contributed by atoms with E-state index in [1.807, 2.05) is 37.3 Å². The summed E-state index contributed by atoms with van der Waals surface area (Å²) >= 11 is 6.14. The van der Waals surface area contributed by atoms with E-state index >= 15 is 0 Å². The molecule has 0 aliphatic rings. The van der Waals surface area contributed by atoms with Gasteiger partial charge in [-0.15, -0.1) is 0 Å². The fourth-order valence-corrected chi connectivity index (χ4v) is 2.23. The quantitative estimate of drug-likeness (QED) is 0.692. The van der Waals surface area contributed by atoms with Crippen LogP contribution in [0.4, 0.5) is 0 Å². The molecule has 3 rings (SSSR count). The van der Waals surface area contributed by atoms with Gasteiger partial charge in [0.15, 0.2) is 6.29 Å². The second-order valence-electron chi connectivity index (χ2n) is 4.67. The van der Waals surface area contributed by atoms with E-state index in [2.05, 4.69) is 10.1 Å². The molecule has 0 spiro atoms. The number of pyridine rings is 1. The number of aromatic nitrogens is 3. The molecule has 0 N–H and O–H groups in total. The number of rotatable bonds is 3. The van der Waals surface area contributed by atoms with Crippen LogP contribution in [0.1, 0.15) is 15.9 Å². The van der Waals surface area contributed by atoms with Gasteiger partial charge in [0.25, 0.3) is 0 Å². The minimum Gasteiger partial charge on any atom is -0.298 e. The highest BCUT2D eigenvalue weighted by molar-refractivity contribution is 6.31. The number of hydrogen-bond acceptors (Lipinski definition) is 3. The Morgan fingerprint density at radius 1 is 1.29 bits per heavy atom. The lowest BCUT2D eigenvalue weighted by Crippen LogP contribution is -1.95. The van der Waals surface area contributed by atoms with E-state index in [-0.39, 0.29) is 0 Å². The lowest BCUT2D eigenvalue weighted by molar-refractivity contribution is 0.112. The van der Waals surface area contributed by atoms with Crippen molar-refractivity contribution >= 4 is 17.9 Å². The topological polar surface area (TPSA) is 47.8 Å². The summed E-state index contributed by atoms with van der Waals surface area (Å²) in [6.45, 7) is 1.94. The van der Waals surface area contributed by atoms with Crippen molar-refractivity contribution in [3.63, 3.8) is 0 Å². The van der Waals surface area contributed by atoms with Crippen LogP contribution >= 0.6 is 11.6 Å². The van der Waals surface area contributed by atoms with Gasteiger partial charge in [0, 0.05) is 29.2 Å². The van der Waals surface area contributed by atoms with Gasteiger partial charge in [0.1, 0.15) is 5.69 Å². The monoisotopic (exact) mass is 297 g/mol. The third-order valence-electron chi connectivity index (χ3n) is 3.22. The Labute approximate surface area is 127 Å². The zero-order valence-corrected chi connectivity index (χ0v) is 12.1. The zero-order chi connectivity index (χ0) is 14.8. The number of halogens is 1. The summed E-state index contributed by atoms with van der Waals surface area (Å²) in [4.78, 5) is 15.3. The summed E-state index contributed by atoms with van der Waals surface area (Å²) in [5, 5.41) is 5.14. The molecule has 0 aliphatic heterocycles. The standard InChI is InChI=1S/C16H12ClN3O/c1-11-4-5-14(7-15(11)17)20-9-13(10-21)16(19-20)12-3-2-6-18-8-12/h2-10H,1H3. The van der Waals surface area contributed by atoms with Gasteiger partial charge in [-0.1, -0.05) is 17.7 Å². The number of carbonyl (C=O) groups is 1. The predicted octanol–water partition coefficient (Wildman–Crippen LogP) is 3.71. The molecule has 5 heteroatoms. The van der Waals surface area contributed by atoms with Gasteiger partial charge < -0.3 is 0 Å². The molecule has 0 radical (unpaired) electrons. The molecule has 0 bridgehead atoms. The van der Waals surface area contributed by atoms with E-state index < -0.39 is 0 Å². The van der Waals surface area contributed by atoms with Crippen LogP contribution in [0.25, 0.3) is 16.9 Å². The third kappa shape index (κ3) is 2.58. The zero-order valence-electron chi connectivity index (χ0n) is 11.3. The van der Waals surface area contributed by atoms with Crippen molar-refractivity contribution in [3.8, 4) is 16.9 Å². The number of hydrogen-bond donors (Lipinski definition) is 0. The Balaban J connectivity index is 2.11. The van der Waals surface area contributed by atoms with Crippen molar-refractivity contribution in [2.75, 3.05) is 0 Å². The van der Waals surface area contributed by atoms with Gasteiger partial charge in [-0.3, -0.25) is 9.78 Å². The van der Waals surface area contributed by atoms with Gasteiger partial charge in [-0.05, 0) is 36.8 Å². The average Bonchev–Trinajstić information content (AvgIpc) is 2.95. The van der Waals surface area contributed by atoms with E-state index in [0.29, 0.717) is 16.3 Å². The van der Waals surface area contributed by atoms with Crippen LogP contribution in [-0.2, 0) is 0 Å². The maximum atomic E-state index is 11.3. The van der Waals surface area contributed by atoms with Crippen molar-refractivity contribution < 1.29 is 4.79 Å². The third-order valence-corrected chi connectivity index (χ3v) is 3.63. The fourth-order valence-electron chi connectivity index (χ4n) is 2.06. The van der Waals surface area contributed by atoms with E-state index in [9.17, 15) is 4.79 Å². The Morgan fingerprint density at radius 2 is 2.14 bits per heavy atom. The molecule has 0 amide bonds. The second-order valence-corrected chi connectivity index (χ2v) is 5.08. The molecule has 0 saturated heterocycles. The predicted molar refractivity (Wildman–Crippen MR) is 81.9 cm³/mol. The molecule has 104 valence electrons. The maximum Gasteiger partial charge on any atom is 0.153 e. The molecule has 0 saturated carbocycles. The number of aryl methyl sites for hydroxylation is 1. The average molecular weight is 298 g/mol. The molecule has 0 atom stereocenters. The Morgan fingerprint density at radius 3 is 2.81 bits per heavy atom. The summed E-state index contributed by atoms with van der Waals surface area (Å²) < 4.78 is 1.65. The SMILES string of the molecule is Cc1ccc(-n2cc(C=O)c(-c3cccnc3)n2)cc1Cl. The van der Waals surface area contributed by atoms with Crippen LogP contribution < -0.4 is 0 Å². The minimum atomic E-state index is 0.514. The number of benzene rings is 1. The molecule has 21 heavy (non-hydrogen) atoms. The molecule has 0 fully saturated rings.